The normalized spacial score (nSPS) is 9.14. The number of hydrogen-bond donors (Lipinski definition) is 0. The average Bonchev–Trinajstić information content (AvgIpc) is 2.18. The van der Waals surface area contributed by atoms with Crippen LogP contribution >= 0.6 is 0 Å². The molecule has 0 saturated carbocycles. The van der Waals surface area contributed by atoms with Crippen molar-refractivity contribution in [3.8, 4) is 6.07 Å². The lowest BCUT2D eigenvalue weighted by atomic mass is 10.2. The molecule has 1 aromatic heterocycles. The lowest BCUT2D eigenvalue weighted by molar-refractivity contribution is -0.645. The van der Waals surface area contributed by atoms with E-state index in [1.165, 1.54) is 0 Å². The molecule has 0 fully saturated rings. The van der Waals surface area contributed by atoms with E-state index >= 15 is 0 Å². The fraction of sp³-hybridized carbons (Fsp3) is 0.0909. The number of rotatable bonds is 0. The minimum Gasteiger partial charge on any atom is -1.00 e. The maximum absolute atomic E-state index is 8.76. The molecule has 0 N–H and O–H groups in total. The Morgan fingerprint density at radius 1 is 1.29 bits per heavy atom. The van der Waals surface area contributed by atoms with Gasteiger partial charge in [0.15, 0.2) is 6.20 Å². The standard InChI is InChI=1S/C11H9N2.HI/c1-13-8-9(7-12)6-10-4-2-3-5-11(10)13;/h2-6,8H,1H3;1H/q+1;/p-1. The van der Waals surface area contributed by atoms with Gasteiger partial charge < -0.3 is 24.0 Å². The predicted molar refractivity (Wildman–Crippen MR) is 49.8 cm³/mol. The van der Waals surface area contributed by atoms with Gasteiger partial charge in [0.25, 0.3) is 0 Å². The van der Waals surface area contributed by atoms with Gasteiger partial charge in [0, 0.05) is 11.5 Å². The van der Waals surface area contributed by atoms with Crippen LogP contribution < -0.4 is 28.5 Å². The first-order valence-electron chi connectivity index (χ1n) is 4.10. The number of fused-ring (bicyclic) bond motifs is 1. The number of nitriles is 1. The Balaban J connectivity index is 0.000000980. The van der Waals surface area contributed by atoms with Crippen molar-refractivity contribution in [1.29, 1.82) is 5.26 Å². The van der Waals surface area contributed by atoms with Crippen molar-refractivity contribution in [2.24, 2.45) is 7.05 Å². The summed E-state index contributed by atoms with van der Waals surface area (Å²) in [6.45, 7) is 0. The first kappa shape index (κ1) is 10.9. The maximum Gasteiger partial charge on any atom is 0.212 e. The molecule has 0 aliphatic rings. The molecule has 1 aromatic carbocycles. The molecule has 0 aliphatic heterocycles. The third kappa shape index (κ3) is 1.85. The molecular formula is C11H9IN2. The van der Waals surface area contributed by atoms with Crippen molar-refractivity contribution in [2.45, 2.75) is 0 Å². The second-order valence-corrected chi connectivity index (χ2v) is 3.01. The van der Waals surface area contributed by atoms with E-state index in [-0.39, 0.29) is 24.0 Å². The Morgan fingerprint density at radius 2 is 2.00 bits per heavy atom. The number of para-hydroxylation sites is 1. The maximum atomic E-state index is 8.76. The van der Waals surface area contributed by atoms with Crippen molar-refractivity contribution in [3.63, 3.8) is 0 Å². The second kappa shape index (κ2) is 4.38. The minimum absolute atomic E-state index is 0. The van der Waals surface area contributed by atoms with E-state index in [4.69, 9.17) is 5.26 Å². The summed E-state index contributed by atoms with van der Waals surface area (Å²) in [5, 5.41) is 9.86. The molecule has 2 nitrogen and oxygen atoms in total. The molecular weight excluding hydrogens is 287 g/mol. The number of aryl methyl sites for hydroxylation is 1. The van der Waals surface area contributed by atoms with E-state index in [0.717, 1.165) is 10.9 Å². The SMILES string of the molecule is C[n+]1cc(C#N)cc2ccccc21.[I-]. The van der Waals surface area contributed by atoms with Crippen molar-refractivity contribution in [3.05, 3.63) is 42.1 Å². The van der Waals surface area contributed by atoms with Crippen molar-refractivity contribution >= 4 is 10.9 Å². The van der Waals surface area contributed by atoms with Crippen LogP contribution in [0.3, 0.4) is 0 Å². The quantitative estimate of drug-likeness (QED) is 0.431. The highest BCUT2D eigenvalue weighted by atomic mass is 127. The lowest BCUT2D eigenvalue weighted by Gasteiger charge is -1.95. The smallest absolute Gasteiger partial charge is 0.212 e. The van der Waals surface area contributed by atoms with Crippen LogP contribution in [0.1, 0.15) is 5.56 Å². The first-order valence-corrected chi connectivity index (χ1v) is 4.10. The zero-order valence-corrected chi connectivity index (χ0v) is 9.89. The number of hydrogen-bond acceptors (Lipinski definition) is 1. The van der Waals surface area contributed by atoms with Crippen LogP contribution in [-0.4, -0.2) is 0 Å². The molecule has 14 heavy (non-hydrogen) atoms. The molecule has 0 unspecified atom stereocenters. The summed E-state index contributed by atoms with van der Waals surface area (Å²) < 4.78 is 1.97. The summed E-state index contributed by atoms with van der Waals surface area (Å²) in [4.78, 5) is 0. The van der Waals surface area contributed by atoms with Crippen LogP contribution in [0, 0.1) is 11.3 Å². The van der Waals surface area contributed by atoms with Crippen molar-refractivity contribution < 1.29 is 28.5 Å². The first-order chi connectivity index (χ1) is 6.31. The third-order valence-corrected chi connectivity index (χ3v) is 2.09. The zero-order valence-electron chi connectivity index (χ0n) is 7.74. The van der Waals surface area contributed by atoms with E-state index < -0.39 is 0 Å². The van der Waals surface area contributed by atoms with Gasteiger partial charge >= 0.3 is 0 Å². The van der Waals surface area contributed by atoms with E-state index in [1.54, 1.807) is 0 Å². The molecule has 0 atom stereocenters. The summed E-state index contributed by atoms with van der Waals surface area (Å²) >= 11 is 0. The third-order valence-electron chi connectivity index (χ3n) is 2.09. The summed E-state index contributed by atoms with van der Waals surface area (Å²) in [6.07, 6.45) is 1.84. The van der Waals surface area contributed by atoms with E-state index in [0.29, 0.717) is 5.56 Å². The molecule has 0 aliphatic carbocycles. The Kier molecular flexibility index (Phi) is 3.42. The summed E-state index contributed by atoms with van der Waals surface area (Å²) in [5.74, 6) is 0. The molecule has 0 bridgehead atoms. The number of nitrogens with zero attached hydrogens (tertiary/aromatic N) is 2. The molecule has 2 aromatic rings. The van der Waals surface area contributed by atoms with Gasteiger partial charge in [-0.25, -0.2) is 0 Å². The van der Waals surface area contributed by atoms with Gasteiger partial charge in [-0.3, -0.25) is 0 Å². The van der Waals surface area contributed by atoms with Gasteiger partial charge in [0.2, 0.25) is 5.52 Å². The molecule has 70 valence electrons. The Bertz CT molecular complexity index is 500. The Hall–Kier alpha value is -1.15. The van der Waals surface area contributed by atoms with Crippen molar-refractivity contribution in [1.82, 2.24) is 0 Å². The minimum atomic E-state index is 0. The van der Waals surface area contributed by atoms with Crippen LogP contribution in [0.4, 0.5) is 0 Å². The fourth-order valence-electron chi connectivity index (χ4n) is 1.47. The highest BCUT2D eigenvalue weighted by Crippen LogP contribution is 2.09. The highest BCUT2D eigenvalue weighted by Gasteiger charge is 2.05. The van der Waals surface area contributed by atoms with Crippen LogP contribution in [-0.2, 0) is 7.05 Å². The molecule has 1 heterocycles. The second-order valence-electron chi connectivity index (χ2n) is 3.01. The predicted octanol–water partition coefficient (Wildman–Crippen LogP) is -1.46. The van der Waals surface area contributed by atoms with Crippen molar-refractivity contribution in [2.75, 3.05) is 0 Å². The Morgan fingerprint density at radius 3 is 2.71 bits per heavy atom. The molecule has 0 amide bonds. The molecule has 0 spiro atoms. The number of pyridine rings is 1. The molecule has 2 rings (SSSR count). The lowest BCUT2D eigenvalue weighted by Crippen LogP contribution is -3.00. The average molecular weight is 296 g/mol. The Labute approximate surface area is 99.8 Å². The summed E-state index contributed by atoms with van der Waals surface area (Å²) in [5.41, 5.74) is 1.84. The highest BCUT2D eigenvalue weighted by molar-refractivity contribution is 5.76. The van der Waals surface area contributed by atoms with Gasteiger partial charge in [-0.2, -0.15) is 9.83 Å². The molecule has 3 heteroatoms. The van der Waals surface area contributed by atoms with Gasteiger partial charge in [-0.1, -0.05) is 12.1 Å². The monoisotopic (exact) mass is 296 g/mol. The number of halogens is 1. The van der Waals surface area contributed by atoms with Gasteiger partial charge in [0.1, 0.15) is 18.7 Å². The van der Waals surface area contributed by atoms with E-state index in [2.05, 4.69) is 6.07 Å². The van der Waals surface area contributed by atoms with Crippen LogP contribution in [0.25, 0.3) is 10.9 Å². The summed E-state index contributed by atoms with van der Waals surface area (Å²) in [7, 11) is 1.95. The van der Waals surface area contributed by atoms with Crippen LogP contribution in [0.5, 0.6) is 0 Å². The van der Waals surface area contributed by atoms with Gasteiger partial charge in [0.05, 0.1) is 0 Å². The topological polar surface area (TPSA) is 27.7 Å². The number of benzene rings is 1. The number of aromatic nitrogens is 1. The van der Waals surface area contributed by atoms with E-state index in [9.17, 15) is 0 Å². The largest absolute Gasteiger partial charge is 1.00 e. The van der Waals surface area contributed by atoms with E-state index in [1.807, 2.05) is 48.1 Å². The molecule has 0 radical (unpaired) electrons. The fourth-order valence-corrected chi connectivity index (χ4v) is 1.47. The molecule has 0 saturated heterocycles. The van der Waals surface area contributed by atoms with Crippen LogP contribution in [0.15, 0.2) is 36.5 Å². The van der Waals surface area contributed by atoms with Crippen LogP contribution in [0.2, 0.25) is 0 Å². The zero-order chi connectivity index (χ0) is 9.26. The van der Waals surface area contributed by atoms with Gasteiger partial charge in [-0.15, -0.1) is 0 Å². The summed E-state index contributed by atoms with van der Waals surface area (Å²) in [6, 6.07) is 12.1. The van der Waals surface area contributed by atoms with Gasteiger partial charge in [-0.05, 0) is 12.1 Å².